The predicted molar refractivity (Wildman–Crippen MR) is 38.4 cm³/mol. The molecule has 1 aliphatic rings. The van der Waals surface area contributed by atoms with E-state index in [4.69, 9.17) is 4.74 Å². The highest BCUT2D eigenvalue weighted by atomic mass is 16.5. The van der Waals surface area contributed by atoms with Gasteiger partial charge in [0.05, 0.1) is 12.2 Å². The van der Waals surface area contributed by atoms with Crippen LogP contribution in [-0.4, -0.2) is 12.2 Å². The quantitative estimate of drug-likeness (QED) is 0.452. The number of hydrogen-bond acceptors (Lipinski definition) is 1. The third-order valence-electron chi connectivity index (χ3n) is 1.63. The first-order chi connectivity index (χ1) is 4.10. The van der Waals surface area contributed by atoms with Gasteiger partial charge in [0.25, 0.3) is 0 Å². The summed E-state index contributed by atoms with van der Waals surface area (Å²) < 4.78 is 5.51. The summed E-state index contributed by atoms with van der Waals surface area (Å²) in [6.07, 6.45) is 3.31. The van der Waals surface area contributed by atoms with E-state index in [-0.39, 0.29) is 5.60 Å². The first-order valence-electron chi connectivity index (χ1n) is 3.40. The van der Waals surface area contributed by atoms with Crippen molar-refractivity contribution in [1.29, 1.82) is 0 Å². The second-order valence-corrected chi connectivity index (χ2v) is 3.30. The Labute approximate surface area is 56.7 Å². The van der Waals surface area contributed by atoms with Crippen molar-refractivity contribution in [3.05, 3.63) is 11.6 Å². The van der Waals surface area contributed by atoms with E-state index in [1.165, 1.54) is 5.57 Å². The van der Waals surface area contributed by atoms with Crippen molar-refractivity contribution in [2.75, 3.05) is 6.61 Å². The van der Waals surface area contributed by atoms with Gasteiger partial charge in [0, 0.05) is 0 Å². The molecule has 0 aromatic rings. The molecule has 0 unspecified atom stereocenters. The van der Waals surface area contributed by atoms with Crippen LogP contribution < -0.4 is 0 Å². The fourth-order valence-corrected chi connectivity index (χ4v) is 0.847. The fourth-order valence-electron chi connectivity index (χ4n) is 0.847. The maximum Gasteiger partial charge on any atom is 0.0681 e. The molecular formula is C8H14O. The van der Waals surface area contributed by atoms with Crippen LogP contribution in [0.4, 0.5) is 0 Å². The predicted octanol–water partition coefficient (Wildman–Crippen LogP) is 2.13. The van der Waals surface area contributed by atoms with Crippen molar-refractivity contribution < 1.29 is 4.74 Å². The van der Waals surface area contributed by atoms with Gasteiger partial charge < -0.3 is 4.74 Å². The lowest BCUT2D eigenvalue weighted by Gasteiger charge is -2.28. The van der Waals surface area contributed by atoms with Crippen LogP contribution in [0, 0.1) is 0 Å². The molecular weight excluding hydrogens is 112 g/mol. The molecule has 0 atom stereocenters. The van der Waals surface area contributed by atoms with Gasteiger partial charge in [-0.25, -0.2) is 0 Å². The van der Waals surface area contributed by atoms with Crippen molar-refractivity contribution >= 4 is 0 Å². The summed E-state index contributed by atoms with van der Waals surface area (Å²) in [6, 6.07) is 0. The van der Waals surface area contributed by atoms with Crippen LogP contribution in [0.25, 0.3) is 0 Å². The number of rotatable bonds is 0. The molecule has 52 valence electrons. The molecule has 9 heavy (non-hydrogen) atoms. The average molecular weight is 126 g/mol. The molecule has 1 heterocycles. The minimum absolute atomic E-state index is 0.0828. The molecule has 0 amide bonds. The Morgan fingerprint density at radius 2 is 2.22 bits per heavy atom. The highest BCUT2D eigenvalue weighted by Crippen LogP contribution is 2.21. The van der Waals surface area contributed by atoms with Crippen LogP contribution in [0.1, 0.15) is 27.2 Å². The lowest BCUT2D eigenvalue weighted by atomic mass is 10.0. The van der Waals surface area contributed by atoms with E-state index >= 15 is 0 Å². The van der Waals surface area contributed by atoms with Crippen molar-refractivity contribution in [3.63, 3.8) is 0 Å². The molecule has 0 aliphatic carbocycles. The summed E-state index contributed by atoms with van der Waals surface area (Å²) >= 11 is 0. The van der Waals surface area contributed by atoms with Gasteiger partial charge in [0.1, 0.15) is 0 Å². The van der Waals surface area contributed by atoms with Crippen LogP contribution in [0.3, 0.4) is 0 Å². The Morgan fingerprint density at radius 3 is 2.56 bits per heavy atom. The van der Waals surface area contributed by atoms with Gasteiger partial charge in [0.15, 0.2) is 0 Å². The maximum atomic E-state index is 5.51. The monoisotopic (exact) mass is 126 g/mol. The summed E-state index contributed by atoms with van der Waals surface area (Å²) in [5, 5.41) is 0. The summed E-state index contributed by atoms with van der Waals surface area (Å²) in [6.45, 7) is 7.16. The Bertz CT molecular complexity index is 134. The molecule has 0 fully saturated rings. The molecule has 0 saturated carbocycles. The van der Waals surface area contributed by atoms with Crippen molar-refractivity contribution in [2.24, 2.45) is 0 Å². The van der Waals surface area contributed by atoms with Crippen LogP contribution in [0.5, 0.6) is 0 Å². The van der Waals surface area contributed by atoms with Crippen LogP contribution >= 0.6 is 0 Å². The molecule has 0 N–H and O–H groups in total. The lowest BCUT2D eigenvalue weighted by molar-refractivity contribution is -0.0108. The average Bonchev–Trinajstić information content (AvgIpc) is 1.78. The van der Waals surface area contributed by atoms with E-state index < -0.39 is 0 Å². The Morgan fingerprint density at radius 1 is 1.56 bits per heavy atom. The van der Waals surface area contributed by atoms with E-state index in [1.807, 2.05) is 0 Å². The van der Waals surface area contributed by atoms with E-state index in [1.54, 1.807) is 0 Å². The number of ether oxygens (including phenoxy) is 1. The molecule has 1 nitrogen and oxygen atoms in total. The van der Waals surface area contributed by atoms with Gasteiger partial charge in [-0.2, -0.15) is 0 Å². The summed E-state index contributed by atoms with van der Waals surface area (Å²) in [5.41, 5.74) is 1.44. The van der Waals surface area contributed by atoms with Gasteiger partial charge in [-0.3, -0.25) is 0 Å². The zero-order valence-corrected chi connectivity index (χ0v) is 6.40. The summed E-state index contributed by atoms with van der Waals surface area (Å²) in [5.74, 6) is 0. The number of hydrogen-bond donors (Lipinski definition) is 0. The molecule has 0 aromatic carbocycles. The minimum atomic E-state index is 0.0828. The van der Waals surface area contributed by atoms with Crippen LogP contribution in [0.15, 0.2) is 11.6 Å². The third-order valence-corrected chi connectivity index (χ3v) is 1.63. The van der Waals surface area contributed by atoms with Crippen molar-refractivity contribution in [1.82, 2.24) is 0 Å². The molecule has 1 aliphatic heterocycles. The van der Waals surface area contributed by atoms with Crippen LogP contribution in [-0.2, 0) is 4.74 Å². The zero-order valence-electron chi connectivity index (χ0n) is 6.40. The smallest absolute Gasteiger partial charge is 0.0681 e. The van der Waals surface area contributed by atoms with Gasteiger partial charge in [-0.05, 0) is 27.2 Å². The normalized spacial score (nSPS) is 25.4. The largest absolute Gasteiger partial charge is 0.371 e. The highest BCUT2D eigenvalue weighted by molar-refractivity contribution is 5.04. The second kappa shape index (κ2) is 2.14. The molecule has 0 aromatic heterocycles. The van der Waals surface area contributed by atoms with Gasteiger partial charge in [0.2, 0.25) is 0 Å². The summed E-state index contributed by atoms with van der Waals surface area (Å²) in [4.78, 5) is 0. The zero-order chi connectivity index (χ0) is 6.91. The molecule has 0 spiro atoms. The Kier molecular flexibility index (Phi) is 1.62. The maximum absolute atomic E-state index is 5.51. The van der Waals surface area contributed by atoms with Crippen LogP contribution in [0.2, 0.25) is 0 Å². The minimum Gasteiger partial charge on any atom is -0.371 e. The Hall–Kier alpha value is -0.300. The van der Waals surface area contributed by atoms with Crippen molar-refractivity contribution in [3.8, 4) is 0 Å². The Balaban J connectivity index is 2.56. The molecule has 0 radical (unpaired) electrons. The molecule has 0 bridgehead atoms. The van der Waals surface area contributed by atoms with E-state index in [0.29, 0.717) is 0 Å². The van der Waals surface area contributed by atoms with Gasteiger partial charge in [-0.15, -0.1) is 0 Å². The van der Waals surface area contributed by atoms with E-state index in [0.717, 1.165) is 13.0 Å². The standard InChI is InChI=1S/C8H14O/c1-7-4-5-8(2,3)9-6-7/h4H,5-6H2,1-3H3. The molecule has 1 rings (SSSR count). The van der Waals surface area contributed by atoms with Gasteiger partial charge >= 0.3 is 0 Å². The SMILES string of the molecule is CC1=CCC(C)(C)OC1. The second-order valence-electron chi connectivity index (χ2n) is 3.30. The first kappa shape index (κ1) is 6.81. The summed E-state index contributed by atoms with van der Waals surface area (Å²) in [7, 11) is 0. The first-order valence-corrected chi connectivity index (χ1v) is 3.40. The fraction of sp³-hybridized carbons (Fsp3) is 0.750. The van der Waals surface area contributed by atoms with Gasteiger partial charge in [-0.1, -0.05) is 11.6 Å². The van der Waals surface area contributed by atoms with E-state index in [9.17, 15) is 0 Å². The third kappa shape index (κ3) is 1.83. The van der Waals surface area contributed by atoms with E-state index in [2.05, 4.69) is 26.8 Å². The lowest BCUT2D eigenvalue weighted by Crippen LogP contribution is -2.27. The molecule has 0 saturated heterocycles. The molecule has 1 heteroatoms. The highest BCUT2D eigenvalue weighted by Gasteiger charge is 2.19. The topological polar surface area (TPSA) is 9.23 Å². The van der Waals surface area contributed by atoms with Crippen molar-refractivity contribution in [2.45, 2.75) is 32.8 Å².